The van der Waals surface area contributed by atoms with Crippen LogP contribution in [0.25, 0.3) is 0 Å². The molecule has 3 nitrogen and oxygen atoms in total. The van der Waals surface area contributed by atoms with Crippen LogP contribution in [-0.2, 0) is 4.79 Å². The fraction of sp³-hybridized carbons (Fsp3) is 0.917. The van der Waals surface area contributed by atoms with Gasteiger partial charge >= 0.3 is 0 Å². The van der Waals surface area contributed by atoms with Crippen molar-refractivity contribution < 1.29 is 4.79 Å². The van der Waals surface area contributed by atoms with Gasteiger partial charge in [-0.15, -0.1) is 0 Å². The Morgan fingerprint density at radius 1 is 1.25 bits per heavy atom. The smallest absolute Gasteiger partial charge is 0.235 e. The number of piperazine rings is 1. The van der Waals surface area contributed by atoms with Crippen LogP contribution in [0, 0.1) is 5.92 Å². The average Bonchev–Trinajstić information content (AvgIpc) is 2.28. The third kappa shape index (κ3) is 3.67. The Kier molecular flexibility index (Phi) is 5.62. The van der Waals surface area contributed by atoms with Crippen molar-refractivity contribution in [1.29, 1.82) is 0 Å². The molecule has 0 aromatic heterocycles. The molecular formula is C12H24N2OS. The molecule has 0 radical (unpaired) electrons. The molecule has 94 valence electrons. The minimum atomic E-state index is -0.141. The summed E-state index contributed by atoms with van der Waals surface area (Å²) < 4.78 is 0. The third-order valence-electron chi connectivity index (χ3n) is 3.11. The van der Waals surface area contributed by atoms with E-state index in [0.717, 1.165) is 32.7 Å². The number of carbonyl (C=O) groups is 1. The second kappa shape index (κ2) is 6.50. The molecule has 1 aliphatic rings. The van der Waals surface area contributed by atoms with Crippen LogP contribution in [0.4, 0.5) is 0 Å². The van der Waals surface area contributed by atoms with Crippen LogP contribution >= 0.6 is 12.6 Å². The van der Waals surface area contributed by atoms with E-state index in [1.165, 1.54) is 6.42 Å². The number of carbonyl (C=O) groups excluding carboxylic acids is 1. The minimum Gasteiger partial charge on any atom is -0.339 e. The predicted octanol–water partition coefficient (Wildman–Crippen LogP) is 1.49. The first-order valence-corrected chi connectivity index (χ1v) is 6.77. The van der Waals surface area contributed by atoms with Crippen LogP contribution in [0.2, 0.25) is 0 Å². The maximum Gasteiger partial charge on any atom is 0.235 e. The largest absolute Gasteiger partial charge is 0.339 e. The Hall–Kier alpha value is -0.220. The summed E-state index contributed by atoms with van der Waals surface area (Å²) in [5.41, 5.74) is 0. The van der Waals surface area contributed by atoms with Crippen LogP contribution in [0.1, 0.15) is 27.2 Å². The van der Waals surface area contributed by atoms with Gasteiger partial charge in [-0.3, -0.25) is 9.69 Å². The highest BCUT2D eigenvalue weighted by Gasteiger charge is 2.26. The summed E-state index contributed by atoms with van der Waals surface area (Å²) in [6.07, 6.45) is 1.19. The van der Waals surface area contributed by atoms with E-state index in [9.17, 15) is 4.79 Å². The van der Waals surface area contributed by atoms with E-state index in [2.05, 4.69) is 24.5 Å². The van der Waals surface area contributed by atoms with Crippen molar-refractivity contribution in [3.8, 4) is 0 Å². The molecule has 1 amide bonds. The Morgan fingerprint density at radius 2 is 1.81 bits per heavy atom. The maximum absolute atomic E-state index is 12.0. The van der Waals surface area contributed by atoms with E-state index in [4.69, 9.17) is 0 Å². The topological polar surface area (TPSA) is 23.6 Å². The predicted molar refractivity (Wildman–Crippen MR) is 70.9 cm³/mol. The van der Waals surface area contributed by atoms with Gasteiger partial charge in [-0.05, 0) is 18.9 Å². The number of rotatable bonds is 4. The molecule has 0 N–H and O–H groups in total. The molecule has 0 saturated carbocycles. The monoisotopic (exact) mass is 244 g/mol. The van der Waals surface area contributed by atoms with Gasteiger partial charge in [-0.1, -0.05) is 20.8 Å². The first-order chi connectivity index (χ1) is 7.56. The highest BCUT2D eigenvalue weighted by molar-refractivity contribution is 7.81. The van der Waals surface area contributed by atoms with Crippen LogP contribution in [-0.4, -0.2) is 53.7 Å². The van der Waals surface area contributed by atoms with Gasteiger partial charge in [0.25, 0.3) is 0 Å². The normalized spacial score (nSPS) is 20.2. The summed E-state index contributed by atoms with van der Waals surface area (Å²) in [4.78, 5) is 16.4. The molecule has 0 spiro atoms. The Bertz CT molecular complexity index is 225. The lowest BCUT2D eigenvalue weighted by molar-refractivity contribution is -0.133. The molecular weight excluding hydrogens is 220 g/mol. The molecule has 1 saturated heterocycles. The number of hydrogen-bond acceptors (Lipinski definition) is 3. The van der Waals surface area contributed by atoms with E-state index >= 15 is 0 Å². The molecule has 4 heteroatoms. The summed E-state index contributed by atoms with van der Waals surface area (Å²) in [6, 6.07) is 0. The van der Waals surface area contributed by atoms with Crippen LogP contribution in [0.15, 0.2) is 0 Å². The van der Waals surface area contributed by atoms with Gasteiger partial charge in [0.2, 0.25) is 5.91 Å². The highest BCUT2D eigenvalue weighted by atomic mass is 32.1. The Labute approximate surface area is 105 Å². The number of hydrogen-bond donors (Lipinski definition) is 1. The summed E-state index contributed by atoms with van der Waals surface area (Å²) in [5, 5.41) is -0.141. The van der Waals surface area contributed by atoms with E-state index in [0.29, 0.717) is 5.92 Å². The lowest BCUT2D eigenvalue weighted by Gasteiger charge is -2.36. The van der Waals surface area contributed by atoms with Crippen molar-refractivity contribution in [2.45, 2.75) is 32.4 Å². The maximum atomic E-state index is 12.0. The molecule has 1 rings (SSSR count). The molecule has 0 aromatic rings. The van der Waals surface area contributed by atoms with Gasteiger partial charge in [0, 0.05) is 26.2 Å². The first-order valence-electron chi connectivity index (χ1n) is 6.25. The highest BCUT2D eigenvalue weighted by Crippen LogP contribution is 2.14. The molecule has 0 aromatic carbocycles. The molecule has 1 atom stereocenters. The van der Waals surface area contributed by atoms with Crippen LogP contribution < -0.4 is 0 Å². The fourth-order valence-corrected chi connectivity index (χ4v) is 2.14. The molecule has 1 aliphatic heterocycles. The third-order valence-corrected chi connectivity index (χ3v) is 3.93. The molecule has 1 unspecified atom stereocenters. The van der Waals surface area contributed by atoms with Crippen LogP contribution in [0.5, 0.6) is 0 Å². The van der Waals surface area contributed by atoms with Crippen molar-refractivity contribution >= 4 is 18.5 Å². The quantitative estimate of drug-likeness (QED) is 0.758. The lowest BCUT2D eigenvalue weighted by Crippen LogP contribution is -2.51. The zero-order chi connectivity index (χ0) is 12.1. The van der Waals surface area contributed by atoms with Gasteiger partial charge in [0.15, 0.2) is 0 Å². The summed E-state index contributed by atoms with van der Waals surface area (Å²) in [7, 11) is 0. The molecule has 0 aliphatic carbocycles. The zero-order valence-corrected chi connectivity index (χ0v) is 11.5. The van der Waals surface area contributed by atoms with E-state index < -0.39 is 0 Å². The standard InChI is InChI=1S/C12H24N2OS/c1-4-5-13-6-8-14(9-7-13)12(15)11(16)10(2)3/h10-11,16H,4-9H2,1-3H3. The van der Waals surface area contributed by atoms with Crippen molar-refractivity contribution in [3.63, 3.8) is 0 Å². The SMILES string of the molecule is CCCN1CCN(C(=O)C(S)C(C)C)CC1. The summed E-state index contributed by atoms with van der Waals surface area (Å²) in [5.74, 6) is 0.513. The molecule has 16 heavy (non-hydrogen) atoms. The molecule has 0 bridgehead atoms. The zero-order valence-electron chi connectivity index (χ0n) is 10.6. The van der Waals surface area contributed by atoms with Crippen molar-refractivity contribution in [3.05, 3.63) is 0 Å². The van der Waals surface area contributed by atoms with Gasteiger partial charge in [-0.2, -0.15) is 12.6 Å². The van der Waals surface area contributed by atoms with Crippen molar-refractivity contribution in [2.24, 2.45) is 5.92 Å². The van der Waals surface area contributed by atoms with Gasteiger partial charge in [-0.25, -0.2) is 0 Å². The number of amides is 1. The number of thiol groups is 1. The van der Waals surface area contributed by atoms with E-state index in [1.54, 1.807) is 0 Å². The second-order valence-corrected chi connectivity index (χ2v) is 5.41. The first kappa shape index (κ1) is 13.8. The minimum absolute atomic E-state index is 0.141. The van der Waals surface area contributed by atoms with Gasteiger partial charge < -0.3 is 4.90 Å². The molecule has 1 heterocycles. The Morgan fingerprint density at radius 3 is 2.25 bits per heavy atom. The van der Waals surface area contributed by atoms with Crippen LogP contribution in [0.3, 0.4) is 0 Å². The van der Waals surface area contributed by atoms with Gasteiger partial charge in [0.1, 0.15) is 0 Å². The fourth-order valence-electron chi connectivity index (χ4n) is 1.98. The summed E-state index contributed by atoms with van der Waals surface area (Å²) in [6.45, 7) is 11.2. The van der Waals surface area contributed by atoms with Crippen molar-refractivity contribution in [2.75, 3.05) is 32.7 Å². The lowest BCUT2D eigenvalue weighted by atomic mass is 10.1. The van der Waals surface area contributed by atoms with Crippen molar-refractivity contribution in [1.82, 2.24) is 9.80 Å². The van der Waals surface area contributed by atoms with E-state index in [-0.39, 0.29) is 11.2 Å². The van der Waals surface area contributed by atoms with E-state index in [1.807, 2.05) is 18.7 Å². The summed E-state index contributed by atoms with van der Waals surface area (Å²) >= 11 is 4.39. The Balaban J connectivity index is 2.38. The molecule has 1 fully saturated rings. The average molecular weight is 244 g/mol. The van der Waals surface area contributed by atoms with Gasteiger partial charge in [0.05, 0.1) is 5.25 Å². The second-order valence-electron chi connectivity index (χ2n) is 4.86. The number of nitrogens with zero attached hydrogens (tertiary/aromatic N) is 2.